The molecule has 1 aromatic rings. The van der Waals surface area contributed by atoms with E-state index in [1.807, 2.05) is 30.3 Å². The zero-order chi connectivity index (χ0) is 17.8. The first kappa shape index (κ1) is 16.4. The fourth-order valence-electron chi connectivity index (χ4n) is 5.59. The van der Waals surface area contributed by atoms with Crippen LogP contribution < -0.4 is 0 Å². The summed E-state index contributed by atoms with van der Waals surface area (Å²) < 4.78 is 5.44. The number of carbonyl (C=O) groups is 2. The van der Waals surface area contributed by atoms with E-state index in [1.165, 1.54) is 0 Å². The van der Waals surface area contributed by atoms with Crippen LogP contribution in [0.3, 0.4) is 0 Å². The van der Waals surface area contributed by atoms with Crippen molar-refractivity contribution in [2.24, 2.45) is 28.6 Å². The molecular formula is C20H25NO4. The van der Waals surface area contributed by atoms with Crippen LogP contribution in [0.25, 0.3) is 0 Å². The van der Waals surface area contributed by atoms with Gasteiger partial charge in [0.05, 0.1) is 5.41 Å². The molecule has 3 aliphatic carbocycles. The first-order chi connectivity index (χ1) is 11.9. The molecule has 4 fully saturated rings. The normalized spacial score (nSPS) is 34.8. The minimum absolute atomic E-state index is 0.0473. The Bertz CT molecular complexity index is 701. The van der Waals surface area contributed by atoms with Gasteiger partial charge in [0.1, 0.15) is 6.61 Å². The number of rotatable bonds is 3. The van der Waals surface area contributed by atoms with E-state index in [4.69, 9.17) is 4.74 Å². The monoisotopic (exact) mass is 343 g/mol. The number of hydrogen-bond acceptors (Lipinski definition) is 3. The maximum Gasteiger partial charge on any atom is 0.410 e. The van der Waals surface area contributed by atoms with Crippen molar-refractivity contribution in [3.05, 3.63) is 35.9 Å². The molecule has 2 bridgehead atoms. The highest BCUT2D eigenvalue weighted by molar-refractivity contribution is 5.79. The van der Waals surface area contributed by atoms with Gasteiger partial charge in [-0.3, -0.25) is 4.79 Å². The quantitative estimate of drug-likeness (QED) is 0.913. The lowest BCUT2D eigenvalue weighted by Gasteiger charge is -2.64. The summed E-state index contributed by atoms with van der Waals surface area (Å²) in [6, 6.07) is 9.55. The van der Waals surface area contributed by atoms with Gasteiger partial charge in [-0.2, -0.15) is 0 Å². The Morgan fingerprint density at radius 2 is 1.92 bits per heavy atom. The number of likely N-dealkylation sites (tertiary alicyclic amines) is 1. The van der Waals surface area contributed by atoms with E-state index in [1.54, 1.807) is 4.90 Å². The second kappa shape index (κ2) is 5.48. The van der Waals surface area contributed by atoms with Crippen molar-refractivity contribution in [3.8, 4) is 0 Å². The van der Waals surface area contributed by atoms with Crippen molar-refractivity contribution in [2.75, 3.05) is 13.1 Å². The van der Waals surface area contributed by atoms with Gasteiger partial charge >= 0.3 is 12.1 Å². The third-order valence-electron chi connectivity index (χ3n) is 7.14. The zero-order valence-corrected chi connectivity index (χ0v) is 14.8. The molecule has 1 aromatic carbocycles. The van der Waals surface area contributed by atoms with Gasteiger partial charge in [-0.1, -0.05) is 44.2 Å². The highest BCUT2D eigenvalue weighted by atomic mass is 16.6. The Morgan fingerprint density at radius 3 is 2.56 bits per heavy atom. The van der Waals surface area contributed by atoms with Gasteiger partial charge in [-0.05, 0) is 41.6 Å². The molecule has 1 amide bonds. The lowest BCUT2D eigenvalue weighted by Crippen LogP contribution is -2.64. The molecule has 0 spiro atoms. The lowest BCUT2D eigenvalue weighted by atomic mass is 9.38. The number of carboxylic acids is 1. The largest absolute Gasteiger partial charge is 0.481 e. The molecule has 1 N–H and O–H groups in total. The van der Waals surface area contributed by atoms with E-state index in [2.05, 4.69) is 13.8 Å². The summed E-state index contributed by atoms with van der Waals surface area (Å²) in [4.78, 5) is 26.4. The molecule has 5 nitrogen and oxygen atoms in total. The van der Waals surface area contributed by atoms with Crippen LogP contribution in [0.15, 0.2) is 30.3 Å². The maximum atomic E-state index is 12.5. The minimum Gasteiger partial charge on any atom is -0.481 e. The predicted molar refractivity (Wildman–Crippen MR) is 91.8 cm³/mol. The van der Waals surface area contributed by atoms with Crippen molar-refractivity contribution in [1.82, 2.24) is 4.90 Å². The molecule has 5 heteroatoms. The van der Waals surface area contributed by atoms with Crippen LogP contribution in [0.1, 0.15) is 32.3 Å². The van der Waals surface area contributed by atoms with E-state index in [-0.39, 0.29) is 30.4 Å². The second-order valence-corrected chi connectivity index (χ2v) is 8.51. The summed E-state index contributed by atoms with van der Waals surface area (Å²) in [6.45, 7) is 5.37. The maximum absolute atomic E-state index is 12.5. The van der Waals surface area contributed by atoms with Crippen molar-refractivity contribution < 1.29 is 19.4 Å². The molecule has 1 heterocycles. The number of nitrogens with zero attached hydrogens (tertiary/aromatic N) is 1. The Hall–Kier alpha value is -2.04. The number of amides is 1. The molecule has 0 radical (unpaired) electrons. The second-order valence-electron chi connectivity index (χ2n) is 8.51. The van der Waals surface area contributed by atoms with Crippen molar-refractivity contribution in [2.45, 2.75) is 33.3 Å². The molecule has 4 unspecified atom stereocenters. The first-order valence-corrected chi connectivity index (χ1v) is 9.04. The number of ether oxygens (including phenoxy) is 1. The summed E-state index contributed by atoms with van der Waals surface area (Å²) in [6.07, 6.45) is 1.48. The molecule has 134 valence electrons. The summed E-state index contributed by atoms with van der Waals surface area (Å²) in [5.74, 6) is 0.0292. The molecule has 4 atom stereocenters. The van der Waals surface area contributed by atoms with E-state index >= 15 is 0 Å². The van der Waals surface area contributed by atoms with Gasteiger partial charge in [0.2, 0.25) is 0 Å². The van der Waals surface area contributed by atoms with Crippen LogP contribution in [0.5, 0.6) is 0 Å². The Balaban J connectivity index is 1.49. The SMILES string of the molecule is CC1(C)C2CC3CN(C(=O)OCc4ccccc4)CC3(C(=O)O)C1C2. The van der Waals surface area contributed by atoms with Gasteiger partial charge in [0.25, 0.3) is 0 Å². The van der Waals surface area contributed by atoms with Crippen LogP contribution in [0.2, 0.25) is 0 Å². The average molecular weight is 343 g/mol. The van der Waals surface area contributed by atoms with E-state index in [9.17, 15) is 14.7 Å². The summed E-state index contributed by atoms with van der Waals surface area (Å²) in [5.41, 5.74) is 0.187. The lowest BCUT2D eigenvalue weighted by molar-refractivity contribution is -0.199. The summed E-state index contributed by atoms with van der Waals surface area (Å²) in [5, 5.41) is 10.1. The van der Waals surface area contributed by atoms with Crippen LogP contribution in [0, 0.1) is 28.6 Å². The van der Waals surface area contributed by atoms with E-state index in [0.29, 0.717) is 12.5 Å². The van der Waals surface area contributed by atoms with Crippen molar-refractivity contribution in [1.29, 1.82) is 0 Å². The van der Waals surface area contributed by atoms with Gasteiger partial charge in [-0.25, -0.2) is 4.79 Å². The van der Waals surface area contributed by atoms with Gasteiger partial charge in [-0.15, -0.1) is 0 Å². The number of carbonyl (C=O) groups excluding carboxylic acids is 1. The van der Waals surface area contributed by atoms with E-state index in [0.717, 1.165) is 18.4 Å². The standard InChI is InChI=1S/C20H25NO4/c1-19(2)14-8-15-10-21(12-20(15,17(22)23)16(19)9-14)18(24)25-11-13-6-4-3-5-7-13/h3-7,14-16H,8-12H2,1-2H3,(H,22,23). The van der Waals surface area contributed by atoms with Crippen LogP contribution in [0.4, 0.5) is 4.79 Å². The molecule has 3 saturated carbocycles. The molecule has 25 heavy (non-hydrogen) atoms. The average Bonchev–Trinajstić information content (AvgIpc) is 3.01. The summed E-state index contributed by atoms with van der Waals surface area (Å²) in [7, 11) is 0. The van der Waals surface area contributed by atoms with Crippen molar-refractivity contribution >= 4 is 12.1 Å². The smallest absolute Gasteiger partial charge is 0.410 e. The van der Waals surface area contributed by atoms with Gasteiger partial charge < -0.3 is 14.7 Å². The van der Waals surface area contributed by atoms with E-state index < -0.39 is 17.5 Å². The molecule has 4 aliphatic rings. The van der Waals surface area contributed by atoms with Gasteiger partial charge in [0.15, 0.2) is 0 Å². The van der Waals surface area contributed by atoms with Crippen LogP contribution in [-0.2, 0) is 16.1 Å². The Morgan fingerprint density at radius 1 is 1.20 bits per heavy atom. The predicted octanol–water partition coefficient (Wildman–Crippen LogP) is 3.39. The number of hydrogen-bond donors (Lipinski definition) is 1. The topological polar surface area (TPSA) is 66.8 Å². The molecular weight excluding hydrogens is 318 g/mol. The van der Waals surface area contributed by atoms with Crippen LogP contribution in [-0.4, -0.2) is 35.2 Å². The summed E-state index contributed by atoms with van der Waals surface area (Å²) >= 11 is 0. The number of benzene rings is 1. The third kappa shape index (κ3) is 2.28. The highest BCUT2D eigenvalue weighted by Crippen LogP contribution is 2.69. The fraction of sp³-hybridized carbons (Fsp3) is 0.600. The number of carboxylic acid groups (broad SMARTS) is 1. The molecule has 1 saturated heterocycles. The van der Waals surface area contributed by atoms with Gasteiger partial charge in [0, 0.05) is 13.1 Å². The molecule has 1 aliphatic heterocycles. The van der Waals surface area contributed by atoms with Crippen LogP contribution >= 0.6 is 0 Å². The Labute approximate surface area is 148 Å². The fourth-order valence-corrected chi connectivity index (χ4v) is 5.59. The zero-order valence-electron chi connectivity index (χ0n) is 14.8. The highest BCUT2D eigenvalue weighted by Gasteiger charge is 2.71. The minimum atomic E-state index is -0.802. The first-order valence-electron chi connectivity index (χ1n) is 9.04. The van der Waals surface area contributed by atoms with Crippen molar-refractivity contribution in [3.63, 3.8) is 0 Å². The molecule has 5 rings (SSSR count). The third-order valence-corrected chi connectivity index (χ3v) is 7.14. The molecule has 0 aromatic heterocycles. The number of aliphatic carboxylic acids is 1. The Kier molecular flexibility index (Phi) is 3.60.